The fraction of sp³-hybridized carbons (Fsp3) is 0.200. The molecular weight excluding hydrogens is 371 g/mol. The van der Waals surface area contributed by atoms with Crippen molar-refractivity contribution >= 4 is 11.6 Å². The molecule has 1 aromatic heterocycles. The Balaban J connectivity index is 1.74. The lowest BCUT2D eigenvalue weighted by Gasteiger charge is -2.14. The van der Waals surface area contributed by atoms with Gasteiger partial charge in [-0.2, -0.15) is 18.3 Å². The minimum Gasteiger partial charge on any atom is -0.482 e. The van der Waals surface area contributed by atoms with Gasteiger partial charge in [0.15, 0.2) is 6.61 Å². The van der Waals surface area contributed by atoms with Crippen molar-refractivity contribution in [3.63, 3.8) is 0 Å². The Bertz CT molecular complexity index is 979. The lowest BCUT2D eigenvalue weighted by atomic mass is 10.2. The van der Waals surface area contributed by atoms with Crippen LogP contribution in [0.2, 0.25) is 0 Å². The van der Waals surface area contributed by atoms with Crippen molar-refractivity contribution < 1.29 is 22.7 Å². The number of hydrogen-bond acceptors (Lipinski definition) is 3. The van der Waals surface area contributed by atoms with E-state index in [0.29, 0.717) is 5.56 Å². The van der Waals surface area contributed by atoms with Crippen molar-refractivity contribution in [1.29, 1.82) is 0 Å². The molecule has 1 N–H and O–H groups in total. The van der Waals surface area contributed by atoms with Gasteiger partial charge in [-0.25, -0.2) is 4.68 Å². The van der Waals surface area contributed by atoms with Crippen molar-refractivity contribution in [2.75, 3.05) is 11.9 Å². The van der Waals surface area contributed by atoms with E-state index in [1.54, 1.807) is 35.0 Å². The monoisotopic (exact) mass is 389 g/mol. The molecule has 0 saturated heterocycles. The number of alkyl halides is 3. The molecule has 0 unspecified atom stereocenters. The maximum atomic E-state index is 12.5. The zero-order chi connectivity index (χ0) is 20.3. The molecule has 3 aromatic rings. The van der Waals surface area contributed by atoms with Crippen LogP contribution >= 0.6 is 0 Å². The minimum atomic E-state index is -4.46. The molecule has 0 fully saturated rings. The van der Waals surface area contributed by atoms with Crippen molar-refractivity contribution in [1.82, 2.24) is 9.78 Å². The first-order chi connectivity index (χ1) is 13.2. The van der Waals surface area contributed by atoms with E-state index in [1.165, 1.54) is 18.2 Å². The summed E-state index contributed by atoms with van der Waals surface area (Å²) in [5.74, 6) is -0.504. The number of carbonyl (C=O) groups excluding carboxylic acids is 1. The number of anilines is 1. The van der Waals surface area contributed by atoms with E-state index in [0.717, 1.165) is 17.1 Å². The number of nitrogens with one attached hydrogen (secondary N) is 1. The first-order valence-corrected chi connectivity index (χ1v) is 8.46. The number of ether oxygens (including phenoxy) is 1. The van der Waals surface area contributed by atoms with Gasteiger partial charge in [0.25, 0.3) is 5.91 Å². The van der Waals surface area contributed by atoms with Gasteiger partial charge in [0.2, 0.25) is 0 Å². The van der Waals surface area contributed by atoms with E-state index >= 15 is 0 Å². The fourth-order valence-corrected chi connectivity index (χ4v) is 2.69. The van der Waals surface area contributed by atoms with Crippen LogP contribution in [0.3, 0.4) is 0 Å². The first-order valence-electron chi connectivity index (χ1n) is 8.46. The summed E-state index contributed by atoms with van der Waals surface area (Å²) >= 11 is 0. The summed E-state index contributed by atoms with van der Waals surface area (Å²) in [5, 5.41) is 6.97. The van der Waals surface area contributed by atoms with Crippen LogP contribution in [0.25, 0.3) is 5.69 Å². The highest BCUT2D eigenvalue weighted by Gasteiger charge is 2.28. The SMILES string of the molecule is Cc1cc(C)n(-c2ccc(C(=O)Nc3ccccc3OCC(F)(F)F)cc2)n1. The molecule has 0 bridgehead atoms. The summed E-state index contributed by atoms with van der Waals surface area (Å²) in [6, 6.07) is 14.7. The summed E-state index contributed by atoms with van der Waals surface area (Å²) in [6.07, 6.45) is -4.46. The predicted molar refractivity (Wildman–Crippen MR) is 99.0 cm³/mol. The molecular formula is C20H18F3N3O2. The number of benzene rings is 2. The molecule has 28 heavy (non-hydrogen) atoms. The standard InChI is InChI=1S/C20H18F3N3O2/c1-13-11-14(2)26(25-13)16-9-7-15(8-10-16)19(27)24-17-5-3-4-6-18(17)28-12-20(21,22)23/h3-11H,12H2,1-2H3,(H,24,27). The highest BCUT2D eigenvalue weighted by molar-refractivity contribution is 6.05. The van der Waals surface area contributed by atoms with Crippen molar-refractivity contribution in [2.45, 2.75) is 20.0 Å². The molecule has 8 heteroatoms. The Morgan fingerprint density at radius 1 is 1.11 bits per heavy atom. The highest BCUT2D eigenvalue weighted by Crippen LogP contribution is 2.27. The highest BCUT2D eigenvalue weighted by atomic mass is 19.4. The maximum Gasteiger partial charge on any atom is 0.422 e. The Labute approximate surface area is 159 Å². The number of amides is 1. The average Bonchev–Trinajstić information content (AvgIpc) is 2.98. The van der Waals surface area contributed by atoms with E-state index in [9.17, 15) is 18.0 Å². The van der Waals surface area contributed by atoms with Crippen molar-refractivity contribution in [3.05, 3.63) is 71.5 Å². The lowest BCUT2D eigenvalue weighted by molar-refractivity contribution is -0.153. The first kappa shape index (κ1) is 19.5. The smallest absolute Gasteiger partial charge is 0.422 e. The number of carbonyl (C=O) groups is 1. The van der Waals surface area contributed by atoms with Gasteiger partial charge >= 0.3 is 6.18 Å². The molecule has 0 aliphatic carbocycles. The third kappa shape index (κ3) is 4.70. The van der Waals surface area contributed by atoms with E-state index in [-0.39, 0.29) is 11.4 Å². The largest absolute Gasteiger partial charge is 0.482 e. The summed E-state index contributed by atoms with van der Waals surface area (Å²) in [6.45, 7) is 2.39. The molecule has 0 spiro atoms. The molecule has 146 valence electrons. The quantitative estimate of drug-likeness (QED) is 0.689. The molecule has 0 radical (unpaired) electrons. The minimum absolute atomic E-state index is 0.0487. The number of aryl methyl sites for hydroxylation is 2. The molecule has 2 aromatic carbocycles. The third-order valence-corrected chi connectivity index (χ3v) is 3.91. The second kappa shape index (κ2) is 7.75. The molecule has 0 saturated carbocycles. The molecule has 1 heterocycles. The van der Waals surface area contributed by atoms with Gasteiger partial charge in [0.05, 0.1) is 17.1 Å². The number of halogens is 3. The van der Waals surface area contributed by atoms with Gasteiger partial charge in [0, 0.05) is 11.3 Å². The number of rotatable bonds is 5. The summed E-state index contributed by atoms with van der Waals surface area (Å²) < 4.78 is 43.7. The molecule has 0 aliphatic heterocycles. The van der Waals surface area contributed by atoms with Crippen molar-refractivity contribution in [2.24, 2.45) is 0 Å². The van der Waals surface area contributed by atoms with Crippen molar-refractivity contribution in [3.8, 4) is 11.4 Å². The number of para-hydroxylation sites is 2. The van der Waals surface area contributed by atoms with Crippen LogP contribution in [0.4, 0.5) is 18.9 Å². The summed E-state index contributed by atoms with van der Waals surface area (Å²) in [7, 11) is 0. The van der Waals surface area contributed by atoms with Crippen LogP contribution in [-0.4, -0.2) is 28.5 Å². The van der Waals surface area contributed by atoms with Crippen LogP contribution < -0.4 is 10.1 Å². The number of aromatic nitrogens is 2. The Kier molecular flexibility index (Phi) is 5.39. The normalized spacial score (nSPS) is 11.3. The van der Waals surface area contributed by atoms with Crippen LogP contribution in [0.1, 0.15) is 21.7 Å². The second-order valence-corrected chi connectivity index (χ2v) is 6.24. The zero-order valence-electron chi connectivity index (χ0n) is 15.2. The lowest BCUT2D eigenvalue weighted by Crippen LogP contribution is -2.20. The van der Waals surface area contributed by atoms with E-state index in [1.807, 2.05) is 19.9 Å². The van der Waals surface area contributed by atoms with Gasteiger partial charge < -0.3 is 10.1 Å². The van der Waals surface area contributed by atoms with Gasteiger partial charge in [-0.15, -0.1) is 0 Å². The summed E-state index contributed by atoms with van der Waals surface area (Å²) in [4.78, 5) is 12.5. The number of hydrogen-bond donors (Lipinski definition) is 1. The van der Waals surface area contributed by atoms with Crippen LogP contribution in [0, 0.1) is 13.8 Å². The Morgan fingerprint density at radius 2 is 1.79 bits per heavy atom. The molecule has 0 aliphatic rings. The molecule has 5 nitrogen and oxygen atoms in total. The van der Waals surface area contributed by atoms with Crippen LogP contribution in [-0.2, 0) is 0 Å². The Hall–Kier alpha value is -3.29. The van der Waals surface area contributed by atoms with E-state index in [2.05, 4.69) is 10.4 Å². The molecule has 0 atom stereocenters. The van der Waals surface area contributed by atoms with Crippen LogP contribution in [0.5, 0.6) is 5.75 Å². The average molecular weight is 389 g/mol. The number of nitrogens with zero attached hydrogens (tertiary/aromatic N) is 2. The maximum absolute atomic E-state index is 12.5. The van der Waals surface area contributed by atoms with Gasteiger partial charge in [0.1, 0.15) is 5.75 Å². The molecule has 1 amide bonds. The second-order valence-electron chi connectivity index (χ2n) is 6.24. The van der Waals surface area contributed by atoms with Gasteiger partial charge in [-0.05, 0) is 56.3 Å². The van der Waals surface area contributed by atoms with Gasteiger partial charge in [-0.1, -0.05) is 12.1 Å². The summed E-state index contributed by atoms with van der Waals surface area (Å²) in [5.41, 5.74) is 3.17. The third-order valence-electron chi connectivity index (χ3n) is 3.91. The fourth-order valence-electron chi connectivity index (χ4n) is 2.69. The van der Waals surface area contributed by atoms with E-state index < -0.39 is 18.7 Å². The predicted octanol–water partition coefficient (Wildman–Crippen LogP) is 4.68. The zero-order valence-corrected chi connectivity index (χ0v) is 15.2. The van der Waals surface area contributed by atoms with Gasteiger partial charge in [-0.3, -0.25) is 4.79 Å². The van der Waals surface area contributed by atoms with E-state index in [4.69, 9.17) is 4.74 Å². The topological polar surface area (TPSA) is 56.2 Å². The van der Waals surface area contributed by atoms with Crippen LogP contribution in [0.15, 0.2) is 54.6 Å². The molecule has 3 rings (SSSR count). The Morgan fingerprint density at radius 3 is 2.39 bits per heavy atom.